The lowest BCUT2D eigenvalue weighted by atomic mass is 9.94. The molecule has 1 amide bonds. The number of carbonyl (C=O) groups is 1. The fourth-order valence-corrected chi connectivity index (χ4v) is 2.49. The summed E-state index contributed by atoms with van der Waals surface area (Å²) in [6.45, 7) is -2.89. The summed E-state index contributed by atoms with van der Waals surface area (Å²) in [5, 5.41) is 8.43. The first-order valence-electron chi connectivity index (χ1n) is 6.43. The average molecular weight is 331 g/mol. The van der Waals surface area contributed by atoms with Gasteiger partial charge in [0.25, 0.3) is 0 Å². The molecule has 10 heteroatoms. The Balaban J connectivity index is 2.94. The third kappa shape index (κ3) is 5.05. The number of hydrogen-bond donors (Lipinski definition) is 0. The molecular formula is C12H15F6N3O. The third-order valence-electron chi connectivity index (χ3n) is 3.42. The highest BCUT2D eigenvalue weighted by atomic mass is 19.4. The second kappa shape index (κ2) is 6.73. The lowest BCUT2D eigenvalue weighted by molar-refractivity contribution is -0.190. The van der Waals surface area contributed by atoms with Crippen LogP contribution in [0.3, 0.4) is 0 Å². The molecule has 0 aromatic heterocycles. The second-order valence-corrected chi connectivity index (χ2v) is 5.26. The smallest absolute Gasteiger partial charge is 0.332 e. The normalized spacial score (nSPS) is 23.4. The lowest BCUT2D eigenvalue weighted by Crippen LogP contribution is -2.46. The molecule has 0 aliphatic carbocycles. The zero-order chi connectivity index (χ0) is 17.1. The summed E-state index contributed by atoms with van der Waals surface area (Å²) in [6.07, 6.45) is -9.77. The minimum Gasteiger partial charge on any atom is -0.332 e. The van der Waals surface area contributed by atoms with E-state index in [4.69, 9.17) is 5.26 Å². The Labute approximate surface area is 123 Å². The van der Waals surface area contributed by atoms with Crippen molar-refractivity contribution >= 4 is 5.91 Å². The third-order valence-corrected chi connectivity index (χ3v) is 3.42. The molecule has 0 bridgehead atoms. The standard InChI is InChI=1S/C12H15F6N3O/c1-20-5-8(9(6-20)12(16,17)18)10(22)21(4-2-3-19)7-11(13,14)15/h8-9H,2,4-7H2,1H3/t8-,9-/m1/s1. The van der Waals surface area contributed by atoms with E-state index < -0.39 is 49.7 Å². The van der Waals surface area contributed by atoms with Gasteiger partial charge in [0.1, 0.15) is 6.54 Å². The quantitative estimate of drug-likeness (QED) is 0.741. The van der Waals surface area contributed by atoms with Crippen LogP contribution in [0.2, 0.25) is 0 Å². The van der Waals surface area contributed by atoms with Gasteiger partial charge in [0.2, 0.25) is 5.91 Å². The zero-order valence-corrected chi connectivity index (χ0v) is 11.7. The molecule has 4 nitrogen and oxygen atoms in total. The summed E-state index contributed by atoms with van der Waals surface area (Å²) >= 11 is 0. The molecule has 1 heterocycles. The van der Waals surface area contributed by atoms with E-state index >= 15 is 0 Å². The van der Waals surface area contributed by atoms with Crippen molar-refractivity contribution < 1.29 is 31.1 Å². The van der Waals surface area contributed by atoms with Gasteiger partial charge in [0.15, 0.2) is 0 Å². The highest BCUT2D eigenvalue weighted by Crippen LogP contribution is 2.38. The maximum absolute atomic E-state index is 12.9. The van der Waals surface area contributed by atoms with Crippen molar-refractivity contribution in [2.45, 2.75) is 18.8 Å². The van der Waals surface area contributed by atoms with Crippen LogP contribution in [0.15, 0.2) is 0 Å². The average Bonchev–Trinajstić information content (AvgIpc) is 2.74. The molecule has 1 rings (SSSR count). The molecule has 0 aromatic rings. The van der Waals surface area contributed by atoms with Gasteiger partial charge >= 0.3 is 12.4 Å². The van der Waals surface area contributed by atoms with Gasteiger partial charge in [-0.2, -0.15) is 31.6 Å². The van der Waals surface area contributed by atoms with E-state index in [-0.39, 0.29) is 13.0 Å². The Morgan fingerprint density at radius 3 is 2.32 bits per heavy atom. The van der Waals surface area contributed by atoms with Crippen molar-refractivity contribution in [2.24, 2.45) is 11.8 Å². The maximum atomic E-state index is 12.9. The molecule has 1 saturated heterocycles. The summed E-state index contributed by atoms with van der Waals surface area (Å²) in [4.78, 5) is 13.7. The predicted octanol–water partition coefficient (Wildman–Crippen LogP) is 2.03. The second-order valence-electron chi connectivity index (χ2n) is 5.26. The highest BCUT2D eigenvalue weighted by Gasteiger charge is 2.52. The van der Waals surface area contributed by atoms with Crippen molar-refractivity contribution in [3.63, 3.8) is 0 Å². The first-order chi connectivity index (χ1) is 9.95. The Morgan fingerprint density at radius 1 is 1.27 bits per heavy atom. The summed E-state index contributed by atoms with van der Waals surface area (Å²) in [7, 11) is 1.37. The van der Waals surface area contributed by atoms with Gasteiger partial charge in [-0.05, 0) is 7.05 Å². The molecule has 1 fully saturated rings. The fraction of sp³-hybridized carbons (Fsp3) is 0.833. The fourth-order valence-electron chi connectivity index (χ4n) is 2.49. The largest absolute Gasteiger partial charge is 0.406 e. The molecule has 0 unspecified atom stereocenters. The summed E-state index contributed by atoms with van der Waals surface area (Å²) in [5.41, 5.74) is 0. The van der Waals surface area contributed by atoms with Crippen LogP contribution in [-0.4, -0.2) is 61.3 Å². The lowest BCUT2D eigenvalue weighted by Gasteiger charge is -2.28. The van der Waals surface area contributed by atoms with Gasteiger partial charge in [-0.15, -0.1) is 0 Å². The molecule has 22 heavy (non-hydrogen) atoms. The molecule has 2 atom stereocenters. The molecule has 126 valence electrons. The van der Waals surface area contributed by atoms with Crippen molar-refractivity contribution in [2.75, 3.05) is 33.2 Å². The zero-order valence-electron chi connectivity index (χ0n) is 11.7. The van der Waals surface area contributed by atoms with Crippen LogP contribution in [-0.2, 0) is 4.79 Å². The van der Waals surface area contributed by atoms with Gasteiger partial charge in [-0.3, -0.25) is 4.79 Å². The number of nitrogens with zero attached hydrogens (tertiary/aromatic N) is 3. The van der Waals surface area contributed by atoms with Crippen molar-refractivity contribution in [1.29, 1.82) is 5.26 Å². The van der Waals surface area contributed by atoms with Crippen LogP contribution >= 0.6 is 0 Å². The first kappa shape index (κ1) is 18.5. The van der Waals surface area contributed by atoms with Crippen molar-refractivity contribution in [3.05, 3.63) is 0 Å². The Bertz CT molecular complexity index is 442. The molecule has 1 aliphatic heterocycles. The van der Waals surface area contributed by atoms with E-state index in [9.17, 15) is 31.1 Å². The molecule has 0 aromatic carbocycles. The molecule has 0 N–H and O–H groups in total. The Kier molecular flexibility index (Phi) is 5.67. The summed E-state index contributed by atoms with van der Waals surface area (Å²) < 4.78 is 76.2. The first-order valence-corrected chi connectivity index (χ1v) is 6.43. The van der Waals surface area contributed by atoms with Crippen molar-refractivity contribution in [3.8, 4) is 6.07 Å². The molecule has 0 radical (unpaired) electrons. The van der Waals surface area contributed by atoms with Crippen LogP contribution in [0, 0.1) is 23.2 Å². The SMILES string of the molecule is CN1C[C@@H](C(F)(F)F)[C@H](C(=O)N(CCC#N)CC(F)(F)F)C1. The van der Waals surface area contributed by atoms with E-state index in [1.54, 1.807) is 6.07 Å². The number of hydrogen-bond acceptors (Lipinski definition) is 3. The van der Waals surface area contributed by atoms with E-state index in [2.05, 4.69) is 0 Å². The molecular weight excluding hydrogens is 316 g/mol. The number of amides is 1. The van der Waals surface area contributed by atoms with Crippen LogP contribution in [0.4, 0.5) is 26.3 Å². The van der Waals surface area contributed by atoms with Gasteiger partial charge in [0.05, 0.1) is 24.3 Å². The Hall–Kier alpha value is -1.50. The van der Waals surface area contributed by atoms with Gasteiger partial charge in [0, 0.05) is 19.6 Å². The van der Waals surface area contributed by atoms with E-state index in [1.165, 1.54) is 11.9 Å². The van der Waals surface area contributed by atoms with Gasteiger partial charge in [-0.1, -0.05) is 0 Å². The Morgan fingerprint density at radius 2 is 1.86 bits per heavy atom. The number of nitriles is 1. The maximum Gasteiger partial charge on any atom is 0.406 e. The topological polar surface area (TPSA) is 47.3 Å². The molecule has 0 saturated carbocycles. The highest BCUT2D eigenvalue weighted by molar-refractivity contribution is 5.80. The van der Waals surface area contributed by atoms with Crippen LogP contribution in [0.5, 0.6) is 0 Å². The minimum absolute atomic E-state index is 0.260. The van der Waals surface area contributed by atoms with Crippen LogP contribution < -0.4 is 0 Å². The number of halogens is 6. The number of rotatable bonds is 4. The summed E-state index contributed by atoms with van der Waals surface area (Å²) in [6, 6.07) is 1.59. The van der Waals surface area contributed by atoms with E-state index in [1.807, 2.05) is 0 Å². The number of alkyl halides is 6. The van der Waals surface area contributed by atoms with Gasteiger partial charge < -0.3 is 9.80 Å². The van der Waals surface area contributed by atoms with E-state index in [0.717, 1.165) is 0 Å². The van der Waals surface area contributed by atoms with Crippen LogP contribution in [0.1, 0.15) is 6.42 Å². The monoisotopic (exact) mass is 331 g/mol. The summed E-state index contributed by atoms with van der Waals surface area (Å²) in [5.74, 6) is -4.78. The predicted molar refractivity (Wildman–Crippen MR) is 63.4 cm³/mol. The molecule has 0 spiro atoms. The number of carbonyl (C=O) groups excluding carboxylic acids is 1. The van der Waals surface area contributed by atoms with Gasteiger partial charge in [-0.25, -0.2) is 0 Å². The number of likely N-dealkylation sites (tertiary alicyclic amines) is 1. The van der Waals surface area contributed by atoms with E-state index in [0.29, 0.717) is 4.90 Å². The van der Waals surface area contributed by atoms with Crippen molar-refractivity contribution in [1.82, 2.24) is 9.80 Å². The van der Waals surface area contributed by atoms with Crippen LogP contribution in [0.25, 0.3) is 0 Å². The minimum atomic E-state index is -4.73. The molecule has 1 aliphatic rings.